The first-order chi connectivity index (χ1) is 15.1. The molecule has 31 heavy (non-hydrogen) atoms. The third-order valence-electron chi connectivity index (χ3n) is 6.26. The van der Waals surface area contributed by atoms with Crippen LogP contribution in [0.5, 0.6) is 0 Å². The minimum Gasteiger partial charge on any atom is -0.390 e. The number of benzene rings is 2. The molecule has 0 aliphatic heterocycles. The Hall–Kier alpha value is -3.14. The Bertz CT molecular complexity index is 935. The van der Waals surface area contributed by atoms with Gasteiger partial charge in [-0.25, -0.2) is 4.99 Å². The van der Waals surface area contributed by atoms with E-state index in [0.29, 0.717) is 12.5 Å². The highest BCUT2D eigenvalue weighted by molar-refractivity contribution is 5.93. The average molecular weight is 414 g/mol. The van der Waals surface area contributed by atoms with E-state index >= 15 is 0 Å². The molecule has 2 aliphatic carbocycles. The van der Waals surface area contributed by atoms with Crippen LogP contribution in [0.25, 0.3) is 0 Å². The van der Waals surface area contributed by atoms with Crippen molar-refractivity contribution in [1.82, 2.24) is 4.90 Å². The molecule has 160 valence electrons. The van der Waals surface area contributed by atoms with Crippen LogP contribution >= 0.6 is 0 Å². The van der Waals surface area contributed by atoms with Gasteiger partial charge in [0.1, 0.15) is 0 Å². The van der Waals surface area contributed by atoms with Crippen LogP contribution in [0.1, 0.15) is 36.8 Å². The minimum absolute atomic E-state index is 0.0710. The SMILES string of the molecule is CN(CC1C=C(CC2CC2)C=CC1)C(=O)C(N=CN)(c1ccccc1)c1ccccc1. The van der Waals surface area contributed by atoms with Crippen molar-refractivity contribution in [3.05, 3.63) is 95.6 Å². The van der Waals surface area contributed by atoms with Gasteiger partial charge in [0.05, 0.1) is 6.34 Å². The molecule has 4 rings (SSSR count). The van der Waals surface area contributed by atoms with Crippen LogP contribution in [0.2, 0.25) is 0 Å². The molecule has 0 saturated heterocycles. The van der Waals surface area contributed by atoms with Gasteiger partial charge in [0.25, 0.3) is 5.91 Å². The lowest BCUT2D eigenvalue weighted by molar-refractivity contribution is -0.134. The third-order valence-corrected chi connectivity index (χ3v) is 6.26. The largest absolute Gasteiger partial charge is 0.390 e. The van der Waals surface area contributed by atoms with Gasteiger partial charge in [0.2, 0.25) is 0 Å². The molecule has 4 heteroatoms. The van der Waals surface area contributed by atoms with Gasteiger partial charge in [0.15, 0.2) is 5.54 Å². The van der Waals surface area contributed by atoms with Crippen molar-refractivity contribution >= 4 is 12.2 Å². The Morgan fingerprint density at radius 2 is 1.71 bits per heavy atom. The summed E-state index contributed by atoms with van der Waals surface area (Å²) in [6.45, 7) is 0.652. The molecule has 2 aliphatic rings. The standard InChI is InChI=1S/C27H31N3O/c1-30(19-23-10-8-9-22(18-23)17-21-15-16-21)26(31)27(29-20-28,24-11-4-2-5-12-24)25-13-6-3-7-14-25/h2-9,11-14,18,20-21,23H,10,15-17,19H2,1H3,(H2,28,29). The van der Waals surface area contributed by atoms with Crippen molar-refractivity contribution < 1.29 is 4.79 Å². The number of likely N-dealkylation sites (N-methyl/N-ethyl adjacent to an activating group) is 1. The zero-order valence-electron chi connectivity index (χ0n) is 18.2. The van der Waals surface area contributed by atoms with Crippen LogP contribution in [0.3, 0.4) is 0 Å². The molecule has 4 nitrogen and oxygen atoms in total. The molecular weight excluding hydrogens is 382 g/mol. The van der Waals surface area contributed by atoms with E-state index in [-0.39, 0.29) is 5.91 Å². The van der Waals surface area contributed by atoms with Gasteiger partial charge in [-0.2, -0.15) is 0 Å². The molecule has 0 bridgehead atoms. The van der Waals surface area contributed by atoms with E-state index in [0.717, 1.165) is 23.5 Å². The highest BCUT2D eigenvalue weighted by Crippen LogP contribution is 2.38. The first kappa shape index (κ1) is 21.1. The van der Waals surface area contributed by atoms with E-state index in [1.165, 1.54) is 31.2 Å². The second-order valence-electron chi connectivity index (χ2n) is 8.69. The quantitative estimate of drug-likeness (QED) is 0.505. The van der Waals surface area contributed by atoms with Crippen LogP contribution in [0, 0.1) is 11.8 Å². The number of hydrogen-bond acceptors (Lipinski definition) is 2. The number of rotatable bonds is 8. The lowest BCUT2D eigenvalue weighted by Gasteiger charge is -2.35. The number of carbonyl (C=O) groups excluding carboxylic acids is 1. The first-order valence-electron chi connectivity index (χ1n) is 11.1. The summed E-state index contributed by atoms with van der Waals surface area (Å²) < 4.78 is 0. The number of amides is 1. The van der Waals surface area contributed by atoms with E-state index in [2.05, 4.69) is 23.2 Å². The van der Waals surface area contributed by atoms with Crippen molar-refractivity contribution in [2.45, 2.75) is 31.2 Å². The fourth-order valence-electron chi connectivity index (χ4n) is 4.54. The van der Waals surface area contributed by atoms with Crippen molar-refractivity contribution in [3.8, 4) is 0 Å². The summed E-state index contributed by atoms with van der Waals surface area (Å²) in [5, 5.41) is 0. The molecule has 0 radical (unpaired) electrons. The van der Waals surface area contributed by atoms with Crippen molar-refractivity contribution in [1.29, 1.82) is 0 Å². The molecule has 2 N–H and O–H groups in total. The second kappa shape index (κ2) is 9.34. The number of nitrogens with two attached hydrogens (primary N) is 1. The number of hydrogen-bond donors (Lipinski definition) is 1. The van der Waals surface area contributed by atoms with Gasteiger partial charge in [-0.3, -0.25) is 4.79 Å². The average Bonchev–Trinajstić information content (AvgIpc) is 3.62. The van der Waals surface area contributed by atoms with Crippen LogP contribution in [-0.4, -0.2) is 30.7 Å². The normalized spacial score (nSPS) is 18.7. The van der Waals surface area contributed by atoms with Crippen molar-refractivity contribution in [3.63, 3.8) is 0 Å². The molecule has 1 fully saturated rings. The van der Waals surface area contributed by atoms with Crippen LogP contribution in [0.4, 0.5) is 0 Å². The summed E-state index contributed by atoms with van der Waals surface area (Å²) >= 11 is 0. The van der Waals surface area contributed by atoms with Crippen molar-refractivity contribution in [2.24, 2.45) is 22.6 Å². The van der Waals surface area contributed by atoms with Gasteiger partial charge in [-0.05, 0) is 48.6 Å². The Morgan fingerprint density at radius 1 is 1.10 bits per heavy atom. The van der Waals surface area contributed by atoms with Crippen molar-refractivity contribution in [2.75, 3.05) is 13.6 Å². The molecule has 1 saturated carbocycles. The first-order valence-corrected chi connectivity index (χ1v) is 11.1. The topological polar surface area (TPSA) is 58.7 Å². The smallest absolute Gasteiger partial charge is 0.259 e. The summed E-state index contributed by atoms with van der Waals surface area (Å²) in [5.74, 6) is 1.11. The number of nitrogens with zero attached hydrogens (tertiary/aromatic N) is 2. The molecule has 1 atom stereocenters. The maximum Gasteiger partial charge on any atom is 0.259 e. The third kappa shape index (κ3) is 4.63. The molecule has 2 aromatic rings. The van der Waals surface area contributed by atoms with Gasteiger partial charge < -0.3 is 10.6 Å². The van der Waals surface area contributed by atoms with Crippen LogP contribution in [0.15, 0.2) is 89.5 Å². The van der Waals surface area contributed by atoms with E-state index in [9.17, 15) is 4.79 Å². The highest BCUT2D eigenvalue weighted by Gasteiger charge is 2.43. The summed E-state index contributed by atoms with van der Waals surface area (Å²) in [7, 11) is 1.88. The Labute approximate surface area is 185 Å². The Balaban J connectivity index is 1.64. The monoisotopic (exact) mass is 413 g/mol. The fourth-order valence-corrected chi connectivity index (χ4v) is 4.54. The lowest BCUT2D eigenvalue weighted by atomic mass is 9.81. The summed E-state index contributed by atoms with van der Waals surface area (Å²) in [5.41, 5.74) is 7.64. The van der Waals surface area contributed by atoms with Crippen LogP contribution < -0.4 is 5.73 Å². The van der Waals surface area contributed by atoms with Gasteiger partial charge >= 0.3 is 0 Å². The lowest BCUT2D eigenvalue weighted by Crippen LogP contribution is -2.46. The number of aliphatic imine (C=N–C) groups is 1. The summed E-state index contributed by atoms with van der Waals surface area (Å²) in [4.78, 5) is 20.4. The summed E-state index contributed by atoms with van der Waals surface area (Å²) in [6.07, 6.45) is 12.9. The minimum atomic E-state index is -1.20. The second-order valence-corrected chi connectivity index (χ2v) is 8.69. The zero-order chi connectivity index (χ0) is 21.7. The fraction of sp³-hybridized carbons (Fsp3) is 0.333. The summed E-state index contributed by atoms with van der Waals surface area (Å²) in [6, 6.07) is 19.4. The van der Waals surface area contributed by atoms with E-state index < -0.39 is 5.54 Å². The van der Waals surface area contributed by atoms with Gasteiger partial charge in [-0.15, -0.1) is 0 Å². The van der Waals surface area contributed by atoms with Crippen LogP contribution in [-0.2, 0) is 10.3 Å². The maximum atomic E-state index is 14.0. The Morgan fingerprint density at radius 3 is 2.26 bits per heavy atom. The maximum absolute atomic E-state index is 14.0. The van der Waals surface area contributed by atoms with E-state index in [1.807, 2.05) is 72.6 Å². The Kier molecular flexibility index (Phi) is 6.36. The van der Waals surface area contributed by atoms with Gasteiger partial charge in [-0.1, -0.05) is 84.5 Å². The molecular formula is C27H31N3O. The molecule has 0 aromatic heterocycles. The van der Waals surface area contributed by atoms with E-state index in [4.69, 9.17) is 5.73 Å². The zero-order valence-corrected chi connectivity index (χ0v) is 18.2. The molecule has 0 heterocycles. The highest BCUT2D eigenvalue weighted by atomic mass is 16.2. The number of allylic oxidation sites excluding steroid dienone is 3. The van der Waals surface area contributed by atoms with Gasteiger partial charge in [0, 0.05) is 13.6 Å². The predicted molar refractivity (Wildman–Crippen MR) is 127 cm³/mol. The molecule has 0 spiro atoms. The predicted octanol–water partition coefficient (Wildman–Crippen LogP) is 4.68. The number of carbonyl (C=O) groups is 1. The molecule has 1 unspecified atom stereocenters. The van der Waals surface area contributed by atoms with E-state index in [1.54, 1.807) is 0 Å². The molecule has 2 aromatic carbocycles. The molecule has 1 amide bonds.